The minimum atomic E-state index is -0.630. The maximum atomic E-state index is 12.0. The van der Waals surface area contributed by atoms with Gasteiger partial charge in [-0.25, -0.2) is 9.97 Å². The monoisotopic (exact) mass is 478 g/mol. The average Bonchev–Trinajstić information content (AvgIpc) is 2.91. The molecule has 184 valence electrons. The Bertz CT molecular complexity index is 1180. The van der Waals surface area contributed by atoms with E-state index in [-0.39, 0.29) is 5.91 Å². The van der Waals surface area contributed by atoms with Gasteiger partial charge in [0.1, 0.15) is 17.7 Å². The Morgan fingerprint density at radius 1 is 1.11 bits per heavy atom. The van der Waals surface area contributed by atoms with Crippen LogP contribution < -0.4 is 10.2 Å². The molecule has 2 saturated heterocycles. The first-order chi connectivity index (χ1) is 17.0. The molecule has 1 aromatic carbocycles. The van der Waals surface area contributed by atoms with Gasteiger partial charge in [-0.3, -0.25) is 9.78 Å². The molecule has 3 aromatic rings. The molecule has 0 bridgehead atoms. The summed E-state index contributed by atoms with van der Waals surface area (Å²) in [7, 11) is 0. The van der Waals surface area contributed by atoms with Gasteiger partial charge in [0.2, 0.25) is 5.91 Å². The molecule has 35 heavy (non-hydrogen) atoms. The minimum absolute atomic E-state index is 0.295. The second-order valence-electron chi connectivity index (χ2n) is 9.05. The molecule has 4 heterocycles. The van der Waals surface area contributed by atoms with Crippen LogP contribution in [0.5, 0.6) is 0 Å². The first kappa shape index (κ1) is 23.4. The molecule has 0 radical (unpaired) electrons. The Balaban J connectivity index is 1.38. The molecule has 10 nitrogen and oxygen atoms in total. The van der Waals surface area contributed by atoms with E-state index in [1.165, 1.54) is 5.69 Å². The van der Waals surface area contributed by atoms with Crippen molar-refractivity contribution in [1.29, 1.82) is 0 Å². The maximum absolute atomic E-state index is 12.0. The zero-order chi connectivity index (χ0) is 24.3. The number of rotatable bonds is 6. The number of carbonyl (C=O) groups is 1. The summed E-state index contributed by atoms with van der Waals surface area (Å²) in [6.45, 7) is 6.39. The second-order valence-corrected chi connectivity index (χ2v) is 9.05. The summed E-state index contributed by atoms with van der Waals surface area (Å²) in [6, 6.07) is 10.3. The molecular weight excluding hydrogens is 448 g/mol. The zero-order valence-corrected chi connectivity index (χ0v) is 19.8. The summed E-state index contributed by atoms with van der Waals surface area (Å²) in [5.74, 6) is 0.315. The van der Waals surface area contributed by atoms with Gasteiger partial charge >= 0.3 is 0 Å². The van der Waals surface area contributed by atoms with Crippen LogP contribution in [0.3, 0.4) is 0 Å². The third-order valence-electron chi connectivity index (χ3n) is 6.45. The number of carbonyl (C=O) groups excluding carboxylic acids is 1. The number of aliphatic hydroxyl groups excluding tert-OH is 1. The highest BCUT2D eigenvalue weighted by Gasteiger charge is 2.34. The van der Waals surface area contributed by atoms with Crippen LogP contribution in [0.25, 0.3) is 22.3 Å². The van der Waals surface area contributed by atoms with Gasteiger partial charge in [-0.2, -0.15) is 0 Å². The van der Waals surface area contributed by atoms with Gasteiger partial charge in [0.25, 0.3) is 0 Å². The first-order valence-electron chi connectivity index (χ1n) is 11.9. The number of aromatic nitrogens is 3. The van der Waals surface area contributed by atoms with E-state index in [0.717, 1.165) is 43.1 Å². The summed E-state index contributed by atoms with van der Waals surface area (Å²) >= 11 is 0. The van der Waals surface area contributed by atoms with Crippen LogP contribution in [-0.4, -0.2) is 95.6 Å². The van der Waals surface area contributed by atoms with Crippen LogP contribution in [0.1, 0.15) is 6.92 Å². The SMILES string of the molecule is C[C@@]1(CNc2nc(-c3ccc(N4CCOCC4)cc3)cc3nccnc23)CN(C(=O)CO)CCO1. The summed E-state index contributed by atoms with van der Waals surface area (Å²) in [5, 5.41) is 12.6. The molecule has 1 amide bonds. The summed E-state index contributed by atoms with van der Waals surface area (Å²) in [6.07, 6.45) is 3.31. The molecule has 2 aliphatic heterocycles. The lowest BCUT2D eigenvalue weighted by atomic mass is 10.0. The summed E-state index contributed by atoms with van der Waals surface area (Å²) < 4.78 is 11.4. The Labute approximate surface area is 203 Å². The predicted octanol–water partition coefficient (Wildman–Crippen LogP) is 1.55. The molecular formula is C25H30N6O4. The smallest absolute Gasteiger partial charge is 0.248 e. The van der Waals surface area contributed by atoms with Crippen molar-refractivity contribution in [3.05, 3.63) is 42.7 Å². The molecule has 0 spiro atoms. The third-order valence-corrected chi connectivity index (χ3v) is 6.45. The molecule has 2 aromatic heterocycles. The zero-order valence-electron chi connectivity index (χ0n) is 19.8. The van der Waals surface area contributed by atoms with Crippen LogP contribution in [0.2, 0.25) is 0 Å². The Kier molecular flexibility index (Phi) is 6.76. The van der Waals surface area contributed by atoms with E-state index >= 15 is 0 Å². The lowest BCUT2D eigenvalue weighted by Gasteiger charge is -2.40. The number of anilines is 2. The fraction of sp³-hybridized carbons (Fsp3) is 0.440. The Morgan fingerprint density at radius 2 is 1.89 bits per heavy atom. The number of hydrogen-bond donors (Lipinski definition) is 2. The molecule has 0 unspecified atom stereocenters. The van der Waals surface area contributed by atoms with E-state index in [4.69, 9.17) is 14.5 Å². The van der Waals surface area contributed by atoms with Gasteiger partial charge in [0.15, 0.2) is 5.82 Å². The highest BCUT2D eigenvalue weighted by Crippen LogP contribution is 2.28. The van der Waals surface area contributed by atoms with Crippen LogP contribution in [0.15, 0.2) is 42.7 Å². The van der Waals surface area contributed by atoms with Crippen LogP contribution in [-0.2, 0) is 14.3 Å². The molecule has 2 aliphatic rings. The molecule has 10 heteroatoms. The van der Waals surface area contributed by atoms with Crippen molar-refractivity contribution in [2.24, 2.45) is 0 Å². The fourth-order valence-electron chi connectivity index (χ4n) is 4.53. The molecule has 0 saturated carbocycles. The van der Waals surface area contributed by atoms with Crippen molar-refractivity contribution >= 4 is 28.4 Å². The predicted molar refractivity (Wildman–Crippen MR) is 132 cm³/mol. The quantitative estimate of drug-likeness (QED) is 0.545. The number of pyridine rings is 1. The van der Waals surface area contributed by atoms with Gasteiger partial charge in [-0.15, -0.1) is 0 Å². The minimum Gasteiger partial charge on any atom is -0.387 e. The van der Waals surface area contributed by atoms with Gasteiger partial charge in [-0.1, -0.05) is 12.1 Å². The fourth-order valence-corrected chi connectivity index (χ4v) is 4.53. The van der Waals surface area contributed by atoms with E-state index in [9.17, 15) is 9.90 Å². The van der Waals surface area contributed by atoms with Crippen LogP contribution in [0, 0.1) is 0 Å². The molecule has 0 aliphatic carbocycles. The molecule has 5 rings (SSSR count). The van der Waals surface area contributed by atoms with E-state index in [2.05, 4.69) is 44.5 Å². The van der Waals surface area contributed by atoms with Gasteiger partial charge < -0.3 is 29.7 Å². The van der Waals surface area contributed by atoms with Crippen molar-refractivity contribution < 1.29 is 19.4 Å². The number of nitrogens with one attached hydrogen (secondary N) is 1. The van der Waals surface area contributed by atoms with Crippen molar-refractivity contribution in [1.82, 2.24) is 19.9 Å². The number of hydrogen-bond acceptors (Lipinski definition) is 9. The summed E-state index contributed by atoms with van der Waals surface area (Å²) in [5.41, 5.74) is 3.72. The van der Waals surface area contributed by atoms with Crippen molar-refractivity contribution in [2.45, 2.75) is 12.5 Å². The maximum Gasteiger partial charge on any atom is 0.248 e. The van der Waals surface area contributed by atoms with Crippen LogP contribution in [0.4, 0.5) is 11.5 Å². The lowest BCUT2D eigenvalue weighted by molar-refractivity contribution is -0.149. The number of benzene rings is 1. The largest absolute Gasteiger partial charge is 0.387 e. The van der Waals surface area contributed by atoms with E-state index < -0.39 is 12.2 Å². The number of morpholine rings is 2. The van der Waals surface area contributed by atoms with Crippen LogP contribution >= 0.6 is 0 Å². The normalized spacial score (nSPS) is 20.7. The Morgan fingerprint density at radius 3 is 2.66 bits per heavy atom. The standard InChI is InChI=1S/C25H30N6O4/c1-25(17-31(10-13-35-25)22(33)15-32)16-28-24-23-21(26-6-7-27-23)14-20(29-24)18-2-4-19(5-3-18)30-8-11-34-12-9-30/h2-7,14,32H,8-13,15-17H2,1H3,(H,28,29)/t25-/m1/s1. The molecule has 2 fully saturated rings. The molecule has 2 N–H and O–H groups in total. The number of amides is 1. The van der Waals surface area contributed by atoms with Gasteiger partial charge in [0.05, 0.1) is 37.6 Å². The summed E-state index contributed by atoms with van der Waals surface area (Å²) in [4.78, 5) is 29.8. The topological polar surface area (TPSA) is 113 Å². The number of fused-ring (bicyclic) bond motifs is 1. The lowest BCUT2D eigenvalue weighted by Crippen LogP contribution is -2.55. The van der Waals surface area contributed by atoms with Gasteiger partial charge in [-0.05, 0) is 25.1 Å². The number of nitrogens with zero attached hydrogens (tertiary/aromatic N) is 5. The van der Waals surface area contributed by atoms with E-state index in [1.54, 1.807) is 17.3 Å². The number of ether oxygens (including phenoxy) is 2. The third kappa shape index (κ3) is 5.19. The van der Waals surface area contributed by atoms with Crippen molar-refractivity contribution in [3.63, 3.8) is 0 Å². The molecule has 1 atom stereocenters. The number of aliphatic hydroxyl groups is 1. The average molecular weight is 479 g/mol. The highest BCUT2D eigenvalue weighted by atomic mass is 16.5. The first-order valence-corrected chi connectivity index (χ1v) is 11.9. The highest BCUT2D eigenvalue weighted by molar-refractivity contribution is 5.88. The van der Waals surface area contributed by atoms with E-state index in [0.29, 0.717) is 37.6 Å². The van der Waals surface area contributed by atoms with Crippen molar-refractivity contribution in [3.8, 4) is 11.3 Å². The van der Waals surface area contributed by atoms with Crippen molar-refractivity contribution in [2.75, 3.05) is 69.4 Å². The second kappa shape index (κ2) is 10.1. The Hall–Kier alpha value is -3.34. The van der Waals surface area contributed by atoms with E-state index in [1.807, 2.05) is 13.0 Å². The van der Waals surface area contributed by atoms with Gasteiger partial charge in [0, 0.05) is 49.8 Å².